The standard InChI is InChI=1S/C21H26N2O3/c1-25-19-11-6-10-18(14-19)22-21(20(24)26-2)12-7-13-23(16-21)15-17-8-4-3-5-9-17/h3-6,8-11,14,22H,7,12-13,15-16H2,1-2H3. The summed E-state index contributed by atoms with van der Waals surface area (Å²) in [5.41, 5.74) is 1.35. The number of carbonyl (C=O) groups excluding carboxylic acids is 1. The number of piperidine rings is 1. The van der Waals surface area contributed by atoms with Crippen molar-refractivity contribution in [3.8, 4) is 5.75 Å². The highest BCUT2D eigenvalue weighted by Gasteiger charge is 2.43. The van der Waals surface area contributed by atoms with Crippen LogP contribution in [0.15, 0.2) is 54.6 Å². The summed E-state index contributed by atoms with van der Waals surface area (Å²) in [6, 6.07) is 18.0. The molecule has 1 aliphatic heterocycles. The number of hydrogen-bond donors (Lipinski definition) is 1. The zero-order chi connectivity index (χ0) is 18.4. The van der Waals surface area contributed by atoms with Crippen LogP contribution in [0.1, 0.15) is 18.4 Å². The third-order valence-corrected chi connectivity index (χ3v) is 4.85. The van der Waals surface area contributed by atoms with Crippen molar-refractivity contribution in [2.45, 2.75) is 24.9 Å². The van der Waals surface area contributed by atoms with E-state index in [-0.39, 0.29) is 5.97 Å². The molecule has 1 atom stereocenters. The van der Waals surface area contributed by atoms with Gasteiger partial charge in [-0.05, 0) is 37.1 Å². The number of rotatable bonds is 6. The Morgan fingerprint density at radius 2 is 1.96 bits per heavy atom. The van der Waals surface area contributed by atoms with E-state index in [1.165, 1.54) is 12.7 Å². The molecule has 1 heterocycles. The van der Waals surface area contributed by atoms with Gasteiger partial charge in [-0.1, -0.05) is 36.4 Å². The van der Waals surface area contributed by atoms with E-state index < -0.39 is 5.54 Å². The first-order valence-electron chi connectivity index (χ1n) is 8.92. The van der Waals surface area contributed by atoms with E-state index >= 15 is 0 Å². The summed E-state index contributed by atoms with van der Waals surface area (Å²) in [7, 11) is 3.09. The second-order valence-corrected chi connectivity index (χ2v) is 6.73. The SMILES string of the molecule is COC(=O)C1(Nc2cccc(OC)c2)CCCN(Cc2ccccc2)C1. The van der Waals surface area contributed by atoms with E-state index in [2.05, 4.69) is 22.3 Å². The van der Waals surface area contributed by atoms with Gasteiger partial charge in [0.25, 0.3) is 0 Å². The van der Waals surface area contributed by atoms with Crippen LogP contribution in [0, 0.1) is 0 Å². The molecule has 1 N–H and O–H groups in total. The summed E-state index contributed by atoms with van der Waals surface area (Å²) in [5.74, 6) is 0.532. The van der Waals surface area contributed by atoms with Gasteiger partial charge >= 0.3 is 5.97 Å². The summed E-state index contributed by atoms with van der Waals surface area (Å²) in [6.07, 6.45) is 1.67. The van der Waals surface area contributed by atoms with Gasteiger partial charge in [0.1, 0.15) is 11.3 Å². The van der Waals surface area contributed by atoms with Crippen LogP contribution in [0.4, 0.5) is 5.69 Å². The average molecular weight is 354 g/mol. The Balaban J connectivity index is 1.80. The summed E-state index contributed by atoms with van der Waals surface area (Å²) in [4.78, 5) is 15.0. The number of ether oxygens (including phenoxy) is 2. The Hall–Kier alpha value is -2.53. The third kappa shape index (κ3) is 4.17. The molecule has 0 aromatic heterocycles. The van der Waals surface area contributed by atoms with E-state index in [0.717, 1.165) is 37.4 Å². The second kappa shape index (κ2) is 8.23. The van der Waals surface area contributed by atoms with Crippen LogP contribution in [0.3, 0.4) is 0 Å². The van der Waals surface area contributed by atoms with Gasteiger partial charge in [0.05, 0.1) is 14.2 Å². The van der Waals surface area contributed by atoms with Gasteiger partial charge in [0.2, 0.25) is 0 Å². The molecule has 2 aromatic rings. The van der Waals surface area contributed by atoms with Crippen molar-refractivity contribution in [3.63, 3.8) is 0 Å². The highest BCUT2D eigenvalue weighted by molar-refractivity contribution is 5.85. The minimum Gasteiger partial charge on any atom is -0.497 e. The molecule has 0 spiro atoms. The smallest absolute Gasteiger partial charge is 0.332 e. The number of methoxy groups -OCH3 is 2. The predicted octanol–water partition coefficient (Wildman–Crippen LogP) is 3.31. The second-order valence-electron chi connectivity index (χ2n) is 6.73. The molecular formula is C21H26N2O3. The van der Waals surface area contributed by atoms with Crippen molar-refractivity contribution in [2.24, 2.45) is 0 Å². The lowest BCUT2D eigenvalue weighted by Gasteiger charge is -2.41. The molecule has 1 unspecified atom stereocenters. The lowest BCUT2D eigenvalue weighted by Crippen LogP contribution is -2.58. The first-order chi connectivity index (χ1) is 12.6. The normalized spacial score (nSPS) is 20.4. The fourth-order valence-electron chi connectivity index (χ4n) is 3.61. The molecule has 1 saturated heterocycles. The number of likely N-dealkylation sites (tertiary alicyclic amines) is 1. The Labute approximate surface area is 154 Å². The predicted molar refractivity (Wildman–Crippen MR) is 102 cm³/mol. The van der Waals surface area contributed by atoms with Gasteiger partial charge in [0, 0.05) is 24.8 Å². The van der Waals surface area contributed by atoms with Crippen LogP contribution >= 0.6 is 0 Å². The molecule has 1 aliphatic rings. The first kappa shape index (κ1) is 18.3. The van der Waals surface area contributed by atoms with Crippen LogP contribution in [0.25, 0.3) is 0 Å². The zero-order valence-electron chi connectivity index (χ0n) is 15.4. The van der Waals surface area contributed by atoms with Gasteiger partial charge in [-0.3, -0.25) is 4.90 Å². The quantitative estimate of drug-likeness (QED) is 0.807. The van der Waals surface area contributed by atoms with E-state index in [0.29, 0.717) is 6.54 Å². The molecular weight excluding hydrogens is 328 g/mol. The lowest BCUT2D eigenvalue weighted by molar-refractivity contribution is -0.148. The van der Waals surface area contributed by atoms with Crippen LogP contribution in [-0.4, -0.2) is 43.7 Å². The molecule has 0 aliphatic carbocycles. The van der Waals surface area contributed by atoms with Crippen molar-refractivity contribution in [1.29, 1.82) is 0 Å². The topological polar surface area (TPSA) is 50.8 Å². The van der Waals surface area contributed by atoms with Crippen molar-refractivity contribution in [2.75, 3.05) is 32.6 Å². The Morgan fingerprint density at radius 1 is 1.15 bits per heavy atom. The van der Waals surface area contributed by atoms with Gasteiger partial charge < -0.3 is 14.8 Å². The molecule has 2 aromatic carbocycles. The molecule has 26 heavy (non-hydrogen) atoms. The van der Waals surface area contributed by atoms with E-state index in [1.807, 2.05) is 42.5 Å². The molecule has 0 saturated carbocycles. The molecule has 1 fully saturated rings. The molecule has 0 radical (unpaired) electrons. The third-order valence-electron chi connectivity index (χ3n) is 4.85. The van der Waals surface area contributed by atoms with Gasteiger partial charge in [-0.2, -0.15) is 0 Å². The van der Waals surface area contributed by atoms with Gasteiger partial charge in [-0.15, -0.1) is 0 Å². The van der Waals surface area contributed by atoms with Crippen LogP contribution in [-0.2, 0) is 16.1 Å². The number of hydrogen-bond acceptors (Lipinski definition) is 5. The summed E-state index contributed by atoms with van der Waals surface area (Å²) in [5, 5.41) is 3.44. The van der Waals surface area contributed by atoms with Gasteiger partial charge in [0.15, 0.2) is 0 Å². The van der Waals surface area contributed by atoms with E-state index in [1.54, 1.807) is 7.11 Å². The van der Waals surface area contributed by atoms with Crippen LogP contribution < -0.4 is 10.1 Å². The maximum absolute atomic E-state index is 12.7. The first-order valence-corrected chi connectivity index (χ1v) is 8.92. The van der Waals surface area contributed by atoms with Crippen LogP contribution in [0.5, 0.6) is 5.75 Å². The Kier molecular flexibility index (Phi) is 5.78. The maximum atomic E-state index is 12.7. The minimum absolute atomic E-state index is 0.224. The number of nitrogens with zero attached hydrogens (tertiary/aromatic N) is 1. The Bertz CT molecular complexity index is 735. The molecule has 0 bridgehead atoms. The Morgan fingerprint density at radius 3 is 2.69 bits per heavy atom. The van der Waals surface area contributed by atoms with E-state index in [9.17, 15) is 4.79 Å². The molecule has 0 amide bonds. The minimum atomic E-state index is -0.756. The number of carbonyl (C=O) groups is 1. The molecule has 138 valence electrons. The highest BCUT2D eigenvalue weighted by atomic mass is 16.5. The number of esters is 1. The lowest BCUT2D eigenvalue weighted by atomic mass is 9.88. The fourth-order valence-corrected chi connectivity index (χ4v) is 3.61. The maximum Gasteiger partial charge on any atom is 0.332 e. The number of benzene rings is 2. The zero-order valence-corrected chi connectivity index (χ0v) is 15.4. The number of nitrogens with one attached hydrogen (secondary N) is 1. The van der Waals surface area contributed by atoms with Crippen molar-refractivity contribution < 1.29 is 14.3 Å². The molecule has 5 heteroatoms. The largest absolute Gasteiger partial charge is 0.497 e. The molecule has 5 nitrogen and oxygen atoms in total. The summed E-state index contributed by atoms with van der Waals surface area (Å²) < 4.78 is 10.5. The van der Waals surface area contributed by atoms with Gasteiger partial charge in [-0.25, -0.2) is 4.79 Å². The van der Waals surface area contributed by atoms with Crippen LogP contribution in [0.2, 0.25) is 0 Å². The monoisotopic (exact) mass is 354 g/mol. The van der Waals surface area contributed by atoms with Crippen molar-refractivity contribution in [1.82, 2.24) is 4.90 Å². The average Bonchev–Trinajstić information content (AvgIpc) is 2.68. The van der Waals surface area contributed by atoms with E-state index in [4.69, 9.17) is 9.47 Å². The summed E-state index contributed by atoms with van der Waals surface area (Å²) >= 11 is 0. The molecule has 3 rings (SSSR count). The number of anilines is 1. The van der Waals surface area contributed by atoms with Crippen molar-refractivity contribution >= 4 is 11.7 Å². The fraction of sp³-hybridized carbons (Fsp3) is 0.381. The highest BCUT2D eigenvalue weighted by Crippen LogP contribution is 2.29. The van der Waals surface area contributed by atoms with Crippen molar-refractivity contribution in [3.05, 3.63) is 60.2 Å². The summed E-state index contributed by atoms with van der Waals surface area (Å²) in [6.45, 7) is 2.39.